The van der Waals surface area contributed by atoms with Crippen molar-refractivity contribution in [3.05, 3.63) is 52.3 Å². The van der Waals surface area contributed by atoms with E-state index in [1.165, 1.54) is 5.56 Å². The standard InChI is InChI=1S/C14H19ClN4O/c1-10-4-3-5-11(8-10)13(18-16)14-12(15)9-17-19(14)6-7-20-2/h3-5,8-9,13,18H,6-7,16H2,1-2H3. The van der Waals surface area contributed by atoms with Gasteiger partial charge >= 0.3 is 0 Å². The van der Waals surface area contributed by atoms with Crippen molar-refractivity contribution < 1.29 is 4.74 Å². The highest BCUT2D eigenvalue weighted by Crippen LogP contribution is 2.28. The van der Waals surface area contributed by atoms with Gasteiger partial charge < -0.3 is 4.74 Å². The van der Waals surface area contributed by atoms with E-state index in [0.717, 1.165) is 11.3 Å². The number of nitrogens with one attached hydrogen (secondary N) is 1. The average Bonchev–Trinajstić information content (AvgIpc) is 2.79. The molecule has 20 heavy (non-hydrogen) atoms. The number of halogens is 1. The fourth-order valence-electron chi connectivity index (χ4n) is 2.20. The summed E-state index contributed by atoms with van der Waals surface area (Å²) in [6.45, 7) is 3.24. The summed E-state index contributed by atoms with van der Waals surface area (Å²) in [5.41, 5.74) is 5.88. The fraction of sp³-hybridized carbons (Fsp3) is 0.357. The van der Waals surface area contributed by atoms with Crippen molar-refractivity contribution in [3.8, 4) is 0 Å². The van der Waals surface area contributed by atoms with E-state index in [1.807, 2.05) is 29.8 Å². The van der Waals surface area contributed by atoms with Gasteiger partial charge in [0.05, 0.1) is 36.1 Å². The molecular formula is C14H19ClN4O. The van der Waals surface area contributed by atoms with E-state index in [4.69, 9.17) is 22.2 Å². The van der Waals surface area contributed by atoms with Gasteiger partial charge in [-0.1, -0.05) is 41.4 Å². The summed E-state index contributed by atoms with van der Waals surface area (Å²) >= 11 is 6.27. The van der Waals surface area contributed by atoms with Crippen LogP contribution in [0, 0.1) is 6.92 Å². The highest BCUT2D eigenvalue weighted by atomic mass is 35.5. The number of benzene rings is 1. The van der Waals surface area contributed by atoms with Crippen LogP contribution in [0.2, 0.25) is 5.02 Å². The third kappa shape index (κ3) is 3.19. The number of hydrazine groups is 1. The highest BCUT2D eigenvalue weighted by Gasteiger charge is 2.21. The first-order valence-electron chi connectivity index (χ1n) is 6.40. The molecule has 1 unspecified atom stereocenters. The van der Waals surface area contributed by atoms with Crippen LogP contribution in [0.5, 0.6) is 0 Å². The molecule has 0 fully saturated rings. The molecule has 1 aromatic carbocycles. The predicted octanol–water partition coefficient (Wildman–Crippen LogP) is 2.04. The Labute approximate surface area is 123 Å². The lowest BCUT2D eigenvalue weighted by atomic mass is 10.0. The Kier molecular flexibility index (Phi) is 5.14. The van der Waals surface area contributed by atoms with Crippen molar-refractivity contribution in [3.63, 3.8) is 0 Å². The summed E-state index contributed by atoms with van der Waals surface area (Å²) < 4.78 is 6.91. The van der Waals surface area contributed by atoms with Crippen molar-refractivity contribution in [2.45, 2.75) is 19.5 Å². The van der Waals surface area contributed by atoms with E-state index in [2.05, 4.69) is 16.6 Å². The number of hydrogen-bond acceptors (Lipinski definition) is 4. The van der Waals surface area contributed by atoms with Crippen LogP contribution in [-0.4, -0.2) is 23.5 Å². The highest BCUT2D eigenvalue weighted by molar-refractivity contribution is 6.31. The monoisotopic (exact) mass is 294 g/mol. The maximum absolute atomic E-state index is 6.27. The van der Waals surface area contributed by atoms with Gasteiger partial charge in [-0.15, -0.1) is 0 Å². The first-order chi connectivity index (χ1) is 9.67. The van der Waals surface area contributed by atoms with Crippen LogP contribution >= 0.6 is 11.6 Å². The van der Waals surface area contributed by atoms with E-state index in [-0.39, 0.29) is 6.04 Å². The summed E-state index contributed by atoms with van der Waals surface area (Å²) in [5.74, 6) is 5.73. The molecule has 1 atom stereocenters. The molecule has 3 N–H and O–H groups in total. The normalized spacial score (nSPS) is 12.6. The Morgan fingerprint density at radius 2 is 2.30 bits per heavy atom. The Morgan fingerprint density at radius 1 is 1.50 bits per heavy atom. The largest absolute Gasteiger partial charge is 0.383 e. The van der Waals surface area contributed by atoms with E-state index in [1.54, 1.807) is 13.3 Å². The van der Waals surface area contributed by atoms with Crippen molar-refractivity contribution in [2.75, 3.05) is 13.7 Å². The van der Waals surface area contributed by atoms with Gasteiger partial charge in [0.2, 0.25) is 0 Å². The van der Waals surface area contributed by atoms with E-state index in [9.17, 15) is 0 Å². The SMILES string of the molecule is COCCn1ncc(Cl)c1C(NN)c1cccc(C)c1. The molecular weight excluding hydrogens is 276 g/mol. The van der Waals surface area contributed by atoms with Gasteiger partial charge in [0.1, 0.15) is 0 Å². The van der Waals surface area contributed by atoms with Crippen LogP contribution in [0.15, 0.2) is 30.5 Å². The molecule has 0 radical (unpaired) electrons. The molecule has 0 bridgehead atoms. The molecule has 0 saturated heterocycles. The summed E-state index contributed by atoms with van der Waals surface area (Å²) in [4.78, 5) is 0. The van der Waals surface area contributed by atoms with Gasteiger partial charge in [-0.05, 0) is 12.5 Å². The van der Waals surface area contributed by atoms with Gasteiger partial charge in [-0.2, -0.15) is 5.10 Å². The first kappa shape index (κ1) is 15.0. The molecule has 0 aliphatic rings. The molecule has 0 amide bonds. The van der Waals surface area contributed by atoms with Gasteiger partial charge in [0, 0.05) is 7.11 Å². The molecule has 2 aromatic rings. The zero-order valence-corrected chi connectivity index (χ0v) is 12.4. The third-order valence-corrected chi connectivity index (χ3v) is 3.45. The number of hydrogen-bond donors (Lipinski definition) is 2. The Balaban J connectivity index is 2.38. The van der Waals surface area contributed by atoms with Crippen molar-refractivity contribution in [2.24, 2.45) is 5.84 Å². The molecule has 0 spiro atoms. The molecule has 0 saturated carbocycles. The summed E-state index contributed by atoms with van der Waals surface area (Å²) in [5, 5.41) is 4.87. The molecule has 0 aliphatic heterocycles. The van der Waals surface area contributed by atoms with Crippen LogP contribution in [0.25, 0.3) is 0 Å². The van der Waals surface area contributed by atoms with Crippen LogP contribution in [0.4, 0.5) is 0 Å². The first-order valence-corrected chi connectivity index (χ1v) is 6.78. The van der Waals surface area contributed by atoms with Gasteiger partial charge in [0.25, 0.3) is 0 Å². The smallest absolute Gasteiger partial charge is 0.0893 e. The Morgan fingerprint density at radius 3 is 2.95 bits per heavy atom. The van der Waals surface area contributed by atoms with Gasteiger partial charge in [-0.25, -0.2) is 5.43 Å². The second-order valence-corrected chi connectivity index (χ2v) is 5.01. The summed E-state index contributed by atoms with van der Waals surface area (Å²) in [7, 11) is 1.66. The number of aryl methyl sites for hydroxylation is 1. The second-order valence-electron chi connectivity index (χ2n) is 4.61. The molecule has 1 heterocycles. The van der Waals surface area contributed by atoms with Gasteiger partial charge in [0.15, 0.2) is 0 Å². The van der Waals surface area contributed by atoms with Crippen LogP contribution in [-0.2, 0) is 11.3 Å². The maximum Gasteiger partial charge on any atom is 0.0893 e. The van der Waals surface area contributed by atoms with Crippen LogP contribution in [0.3, 0.4) is 0 Å². The minimum Gasteiger partial charge on any atom is -0.383 e. The van der Waals surface area contributed by atoms with Crippen molar-refractivity contribution >= 4 is 11.6 Å². The topological polar surface area (TPSA) is 65.1 Å². The quantitative estimate of drug-likeness (QED) is 0.632. The number of ether oxygens (including phenoxy) is 1. The number of rotatable bonds is 6. The number of nitrogens with zero attached hydrogens (tertiary/aromatic N) is 2. The molecule has 1 aromatic heterocycles. The molecule has 108 valence electrons. The van der Waals surface area contributed by atoms with Crippen molar-refractivity contribution in [1.29, 1.82) is 0 Å². The third-order valence-electron chi connectivity index (χ3n) is 3.16. The minimum absolute atomic E-state index is 0.207. The summed E-state index contributed by atoms with van der Waals surface area (Å²) in [6, 6.07) is 7.93. The lowest BCUT2D eigenvalue weighted by Crippen LogP contribution is -2.31. The van der Waals surface area contributed by atoms with Crippen LogP contribution in [0.1, 0.15) is 22.9 Å². The summed E-state index contributed by atoms with van der Waals surface area (Å²) in [6.07, 6.45) is 1.63. The Hall–Kier alpha value is -1.40. The molecule has 2 rings (SSSR count). The predicted molar refractivity (Wildman–Crippen MR) is 79.5 cm³/mol. The van der Waals surface area contributed by atoms with Crippen LogP contribution < -0.4 is 11.3 Å². The fourth-order valence-corrected chi connectivity index (χ4v) is 2.45. The Bertz CT molecular complexity index is 570. The molecule has 6 heteroatoms. The zero-order chi connectivity index (χ0) is 14.5. The minimum atomic E-state index is -0.207. The van der Waals surface area contributed by atoms with E-state index >= 15 is 0 Å². The van der Waals surface area contributed by atoms with E-state index < -0.39 is 0 Å². The lowest BCUT2D eigenvalue weighted by Gasteiger charge is -2.19. The van der Waals surface area contributed by atoms with E-state index in [0.29, 0.717) is 18.2 Å². The zero-order valence-electron chi connectivity index (χ0n) is 11.6. The lowest BCUT2D eigenvalue weighted by molar-refractivity contribution is 0.182. The number of aromatic nitrogens is 2. The maximum atomic E-state index is 6.27. The van der Waals surface area contributed by atoms with Gasteiger partial charge in [-0.3, -0.25) is 10.5 Å². The average molecular weight is 295 g/mol. The number of methoxy groups -OCH3 is 1. The molecule has 5 nitrogen and oxygen atoms in total. The molecule has 0 aliphatic carbocycles. The number of nitrogens with two attached hydrogens (primary N) is 1. The van der Waals surface area contributed by atoms with Crippen molar-refractivity contribution in [1.82, 2.24) is 15.2 Å². The second kappa shape index (κ2) is 6.85.